The Labute approximate surface area is 99.6 Å². The Morgan fingerprint density at radius 3 is 3.00 bits per heavy atom. The van der Waals surface area contributed by atoms with Gasteiger partial charge < -0.3 is 14.8 Å². The quantitative estimate of drug-likeness (QED) is 0.804. The second kappa shape index (κ2) is 5.60. The van der Waals surface area contributed by atoms with Gasteiger partial charge in [0.05, 0.1) is 12.7 Å². The molecular weight excluding hydrogens is 220 g/mol. The molecule has 2 heterocycles. The summed E-state index contributed by atoms with van der Waals surface area (Å²) in [6, 6.07) is 5.74. The summed E-state index contributed by atoms with van der Waals surface area (Å²) >= 11 is 0. The number of nitrogens with zero attached hydrogens (tertiary/aromatic N) is 3. The van der Waals surface area contributed by atoms with Gasteiger partial charge >= 0.3 is 0 Å². The van der Waals surface area contributed by atoms with E-state index in [0.717, 1.165) is 5.65 Å². The van der Waals surface area contributed by atoms with Gasteiger partial charge in [-0.1, -0.05) is 6.07 Å². The van der Waals surface area contributed by atoms with E-state index < -0.39 is 0 Å². The molecule has 92 valence electrons. The highest BCUT2D eigenvalue weighted by Gasteiger charge is 2.08. The Morgan fingerprint density at radius 1 is 1.41 bits per heavy atom. The number of aromatic nitrogens is 3. The van der Waals surface area contributed by atoms with E-state index in [2.05, 4.69) is 15.4 Å². The molecule has 0 bridgehead atoms. The van der Waals surface area contributed by atoms with Crippen LogP contribution < -0.4 is 5.32 Å². The molecule has 0 aliphatic rings. The Bertz CT molecular complexity index is 438. The van der Waals surface area contributed by atoms with Crippen molar-refractivity contribution >= 4 is 11.6 Å². The van der Waals surface area contributed by atoms with Crippen molar-refractivity contribution in [3.05, 3.63) is 24.4 Å². The third kappa shape index (κ3) is 2.92. The van der Waals surface area contributed by atoms with Crippen molar-refractivity contribution < 1.29 is 9.47 Å². The third-order valence-corrected chi connectivity index (χ3v) is 2.42. The largest absolute Gasteiger partial charge is 0.382 e. The van der Waals surface area contributed by atoms with Crippen molar-refractivity contribution in [2.75, 3.05) is 32.7 Å². The first-order valence-electron chi connectivity index (χ1n) is 5.40. The van der Waals surface area contributed by atoms with Gasteiger partial charge in [0.15, 0.2) is 5.65 Å². The van der Waals surface area contributed by atoms with Crippen LogP contribution in [0.4, 0.5) is 5.95 Å². The lowest BCUT2D eigenvalue weighted by Gasteiger charge is -2.13. The molecule has 2 aromatic rings. The number of hydrogen-bond acceptors (Lipinski definition) is 5. The van der Waals surface area contributed by atoms with E-state index in [0.29, 0.717) is 19.1 Å². The van der Waals surface area contributed by atoms with E-state index in [1.807, 2.05) is 24.4 Å². The van der Waals surface area contributed by atoms with Gasteiger partial charge in [0.25, 0.3) is 0 Å². The minimum Gasteiger partial charge on any atom is -0.382 e. The maximum absolute atomic E-state index is 5.24. The number of methoxy groups -OCH3 is 2. The Kier molecular flexibility index (Phi) is 3.89. The third-order valence-electron chi connectivity index (χ3n) is 2.42. The van der Waals surface area contributed by atoms with Crippen LogP contribution in [-0.4, -0.2) is 48.1 Å². The number of nitrogens with one attached hydrogen (secondary N) is 1. The molecule has 0 fully saturated rings. The summed E-state index contributed by atoms with van der Waals surface area (Å²) in [4.78, 5) is 4.32. The summed E-state index contributed by atoms with van der Waals surface area (Å²) in [5.74, 6) is 0.592. The fraction of sp³-hybridized carbons (Fsp3) is 0.455. The van der Waals surface area contributed by atoms with Gasteiger partial charge in [-0.25, -0.2) is 4.52 Å². The molecule has 0 saturated carbocycles. The van der Waals surface area contributed by atoms with Crippen LogP contribution in [0.1, 0.15) is 0 Å². The normalized spacial score (nSPS) is 12.8. The van der Waals surface area contributed by atoms with Crippen LogP contribution >= 0.6 is 0 Å². The van der Waals surface area contributed by atoms with Gasteiger partial charge in [-0.2, -0.15) is 4.98 Å². The zero-order valence-electron chi connectivity index (χ0n) is 9.96. The van der Waals surface area contributed by atoms with Gasteiger partial charge in [-0.15, -0.1) is 5.10 Å². The number of fused-ring (bicyclic) bond motifs is 1. The molecular formula is C11H16N4O2. The van der Waals surface area contributed by atoms with Crippen LogP contribution in [0.15, 0.2) is 24.4 Å². The summed E-state index contributed by atoms with van der Waals surface area (Å²) in [6.45, 7) is 1.15. The molecule has 0 radical (unpaired) electrons. The van der Waals surface area contributed by atoms with Crippen LogP contribution in [-0.2, 0) is 9.47 Å². The molecule has 0 aromatic carbocycles. The van der Waals surface area contributed by atoms with Crippen molar-refractivity contribution in [3.8, 4) is 0 Å². The second-order valence-electron chi connectivity index (χ2n) is 3.63. The molecule has 0 aliphatic carbocycles. The van der Waals surface area contributed by atoms with Crippen molar-refractivity contribution in [1.82, 2.24) is 14.6 Å². The highest BCUT2D eigenvalue weighted by Crippen LogP contribution is 2.04. The van der Waals surface area contributed by atoms with Gasteiger partial charge in [0, 0.05) is 27.0 Å². The monoisotopic (exact) mass is 236 g/mol. The van der Waals surface area contributed by atoms with E-state index in [-0.39, 0.29) is 6.10 Å². The maximum Gasteiger partial charge on any atom is 0.243 e. The van der Waals surface area contributed by atoms with Gasteiger partial charge in [-0.05, 0) is 12.1 Å². The highest BCUT2D eigenvalue weighted by atomic mass is 16.5. The second-order valence-corrected chi connectivity index (χ2v) is 3.63. The number of hydrogen-bond donors (Lipinski definition) is 1. The molecule has 0 aliphatic heterocycles. The SMILES string of the molecule is COCC(CNc1nc2ccccn2n1)OC. The minimum atomic E-state index is -0.00777. The molecule has 1 unspecified atom stereocenters. The van der Waals surface area contributed by atoms with E-state index in [9.17, 15) is 0 Å². The summed E-state index contributed by atoms with van der Waals surface area (Å²) in [6.07, 6.45) is 1.85. The fourth-order valence-corrected chi connectivity index (χ4v) is 1.51. The lowest BCUT2D eigenvalue weighted by Crippen LogP contribution is -2.26. The van der Waals surface area contributed by atoms with Gasteiger partial charge in [-0.3, -0.25) is 0 Å². The van der Waals surface area contributed by atoms with Gasteiger partial charge in [0.1, 0.15) is 0 Å². The Morgan fingerprint density at radius 2 is 2.29 bits per heavy atom. The van der Waals surface area contributed by atoms with Crippen molar-refractivity contribution in [2.24, 2.45) is 0 Å². The van der Waals surface area contributed by atoms with Crippen LogP contribution in [0.2, 0.25) is 0 Å². The molecule has 17 heavy (non-hydrogen) atoms. The van der Waals surface area contributed by atoms with Crippen LogP contribution in [0.3, 0.4) is 0 Å². The average Bonchev–Trinajstić information content (AvgIpc) is 2.77. The first-order chi connectivity index (χ1) is 8.33. The van der Waals surface area contributed by atoms with Crippen LogP contribution in [0.5, 0.6) is 0 Å². The zero-order valence-corrected chi connectivity index (χ0v) is 9.96. The number of ether oxygens (including phenoxy) is 2. The Hall–Kier alpha value is -1.66. The van der Waals surface area contributed by atoms with E-state index in [4.69, 9.17) is 9.47 Å². The van der Waals surface area contributed by atoms with Crippen LogP contribution in [0, 0.1) is 0 Å². The number of pyridine rings is 1. The molecule has 0 saturated heterocycles. The average molecular weight is 236 g/mol. The number of anilines is 1. The molecule has 1 N–H and O–H groups in total. The topological polar surface area (TPSA) is 60.7 Å². The standard InChI is InChI=1S/C11H16N4O2/c1-16-8-9(17-2)7-12-11-13-10-5-3-4-6-15(10)14-11/h3-6,9H,7-8H2,1-2H3,(H,12,14). The predicted octanol–water partition coefficient (Wildman–Crippen LogP) is 0.803. The van der Waals surface area contributed by atoms with Crippen molar-refractivity contribution in [1.29, 1.82) is 0 Å². The first kappa shape index (κ1) is 11.8. The summed E-state index contributed by atoms with van der Waals surface area (Å²) in [7, 11) is 3.30. The van der Waals surface area contributed by atoms with Crippen molar-refractivity contribution in [2.45, 2.75) is 6.10 Å². The summed E-state index contributed by atoms with van der Waals surface area (Å²) < 4.78 is 12.0. The number of rotatable bonds is 6. The minimum absolute atomic E-state index is 0.00777. The first-order valence-corrected chi connectivity index (χ1v) is 5.40. The highest BCUT2D eigenvalue weighted by molar-refractivity contribution is 5.42. The zero-order chi connectivity index (χ0) is 12.1. The summed E-state index contributed by atoms with van der Waals surface area (Å²) in [5, 5.41) is 7.40. The molecule has 6 nitrogen and oxygen atoms in total. The predicted molar refractivity (Wildman–Crippen MR) is 64.1 cm³/mol. The van der Waals surface area contributed by atoms with Gasteiger partial charge in [0.2, 0.25) is 5.95 Å². The van der Waals surface area contributed by atoms with E-state index >= 15 is 0 Å². The maximum atomic E-state index is 5.24. The van der Waals surface area contributed by atoms with Crippen molar-refractivity contribution in [3.63, 3.8) is 0 Å². The molecule has 1 atom stereocenters. The molecule has 0 spiro atoms. The molecule has 2 rings (SSSR count). The van der Waals surface area contributed by atoms with E-state index in [1.54, 1.807) is 18.7 Å². The molecule has 6 heteroatoms. The van der Waals surface area contributed by atoms with E-state index in [1.165, 1.54) is 0 Å². The van der Waals surface area contributed by atoms with Crippen LogP contribution in [0.25, 0.3) is 5.65 Å². The molecule has 0 amide bonds. The lowest BCUT2D eigenvalue weighted by molar-refractivity contribution is 0.0365. The molecule has 2 aromatic heterocycles. The smallest absolute Gasteiger partial charge is 0.243 e. The fourth-order valence-electron chi connectivity index (χ4n) is 1.51. The summed E-state index contributed by atoms with van der Waals surface area (Å²) in [5.41, 5.74) is 0.815. The Balaban J connectivity index is 1.98. The lowest BCUT2D eigenvalue weighted by atomic mass is 10.4.